The fourth-order valence-electron chi connectivity index (χ4n) is 0.983. The first-order valence-corrected chi connectivity index (χ1v) is 4.67. The first-order valence-electron chi connectivity index (χ1n) is 4.67. The van der Waals surface area contributed by atoms with Crippen LogP contribution in [0.3, 0.4) is 0 Å². The monoisotopic (exact) mass is 190 g/mol. The average Bonchev–Trinajstić information content (AvgIpc) is 1.79. The van der Waals surface area contributed by atoms with Crippen molar-refractivity contribution in [3.63, 3.8) is 0 Å². The highest BCUT2D eigenvalue weighted by Crippen LogP contribution is 2.20. The van der Waals surface area contributed by atoms with E-state index in [-0.39, 0.29) is 11.7 Å². The van der Waals surface area contributed by atoms with E-state index in [9.17, 15) is 5.11 Å². The third-order valence-corrected chi connectivity index (χ3v) is 1.30. The summed E-state index contributed by atoms with van der Waals surface area (Å²) in [5.74, 6) is 0. The first-order chi connectivity index (χ1) is 5.62. The molecule has 1 N–H and O–H groups in total. The van der Waals surface area contributed by atoms with Gasteiger partial charge in [0.1, 0.15) is 5.60 Å². The van der Waals surface area contributed by atoms with Gasteiger partial charge >= 0.3 is 0 Å². The summed E-state index contributed by atoms with van der Waals surface area (Å²) in [6, 6.07) is 0. The predicted octanol–water partition coefficient (Wildman–Crippen LogP) is 2.28. The molecule has 0 aliphatic heterocycles. The maximum Gasteiger partial charge on any atom is 0.100 e. The largest absolute Gasteiger partial charge is 0.393 e. The first kappa shape index (κ1) is 12.9. The summed E-state index contributed by atoms with van der Waals surface area (Å²) in [7, 11) is 0. The molecule has 3 nitrogen and oxygen atoms in total. The summed E-state index contributed by atoms with van der Waals surface area (Å²) in [6.45, 7) is 11.3. The molecule has 0 aliphatic rings. The Balaban J connectivity index is 3.89. The Morgan fingerprint density at radius 2 is 1.54 bits per heavy atom. The van der Waals surface area contributed by atoms with E-state index >= 15 is 0 Å². The Morgan fingerprint density at radius 1 is 1.08 bits per heavy atom. The quantitative estimate of drug-likeness (QED) is 0.546. The molecule has 0 radical (unpaired) electrons. The van der Waals surface area contributed by atoms with Gasteiger partial charge in [-0.15, -0.1) is 0 Å². The molecule has 0 amide bonds. The lowest BCUT2D eigenvalue weighted by molar-refractivity contribution is -0.399. The van der Waals surface area contributed by atoms with Gasteiger partial charge in [0.05, 0.1) is 11.7 Å². The highest BCUT2D eigenvalue weighted by molar-refractivity contribution is 4.70. The van der Waals surface area contributed by atoms with Crippen molar-refractivity contribution in [1.82, 2.24) is 0 Å². The third kappa shape index (κ3) is 8.22. The Hall–Kier alpha value is -0.120. The van der Waals surface area contributed by atoms with Crippen molar-refractivity contribution < 1.29 is 14.9 Å². The van der Waals surface area contributed by atoms with Crippen molar-refractivity contribution >= 4 is 0 Å². The molecular formula is C10H22O3. The maximum absolute atomic E-state index is 9.18. The number of rotatable bonds is 4. The van der Waals surface area contributed by atoms with Gasteiger partial charge in [0, 0.05) is 6.42 Å². The highest BCUT2D eigenvalue weighted by atomic mass is 17.2. The van der Waals surface area contributed by atoms with Gasteiger partial charge in [-0.25, -0.2) is 9.78 Å². The van der Waals surface area contributed by atoms with E-state index < -0.39 is 5.60 Å². The zero-order valence-electron chi connectivity index (χ0n) is 9.55. The normalized spacial score (nSPS) is 15.9. The van der Waals surface area contributed by atoms with Crippen LogP contribution >= 0.6 is 0 Å². The van der Waals surface area contributed by atoms with Gasteiger partial charge in [0.25, 0.3) is 0 Å². The molecule has 0 aromatic rings. The van der Waals surface area contributed by atoms with Crippen molar-refractivity contribution in [2.45, 2.75) is 65.3 Å². The Bertz CT molecular complexity index is 145. The Labute approximate surface area is 81.0 Å². The van der Waals surface area contributed by atoms with E-state index in [1.807, 2.05) is 34.6 Å². The fraction of sp³-hybridized carbons (Fsp3) is 1.00. The van der Waals surface area contributed by atoms with Gasteiger partial charge in [-0.1, -0.05) is 0 Å². The molecule has 0 saturated carbocycles. The van der Waals surface area contributed by atoms with E-state index in [1.54, 1.807) is 6.92 Å². The molecule has 0 rings (SSSR count). The molecule has 0 bridgehead atoms. The summed E-state index contributed by atoms with van der Waals surface area (Å²) >= 11 is 0. The van der Waals surface area contributed by atoms with Crippen molar-refractivity contribution in [2.75, 3.05) is 0 Å². The van der Waals surface area contributed by atoms with Gasteiger partial charge in [-0.2, -0.15) is 0 Å². The molecule has 0 aromatic heterocycles. The fourth-order valence-corrected chi connectivity index (χ4v) is 0.983. The standard InChI is InChI=1S/C10H22O3/c1-8(11)7-10(5,6)13-12-9(2,3)4/h8,11H,7H2,1-6H3/t8-/m0/s1. The number of aliphatic hydroxyl groups is 1. The van der Waals surface area contributed by atoms with Gasteiger partial charge in [0.15, 0.2) is 0 Å². The molecule has 0 saturated heterocycles. The zero-order chi connectivity index (χ0) is 10.7. The van der Waals surface area contributed by atoms with E-state index in [1.165, 1.54) is 0 Å². The second kappa shape index (κ2) is 4.40. The van der Waals surface area contributed by atoms with E-state index in [4.69, 9.17) is 9.78 Å². The van der Waals surface area contributed by atoms with Crippen molar-refractivity contribution in [1.29, 1.82) is 0 Å². The van der Waals surface area contributed by atoms with Crippen LogP contribution in [0.25, 0.3) is 0 Å². The molecule has 3 heteroatoms. The second-order valence-electron chi connectivity index (χ2n) is 5.09. The lowest BCUT2D eigenvalue weighted by Crippen LogP contribution is -2.33. The molecule has 0 aromatic carbocycles. The van der Waals surface area contributed by atoms with Crippen LogP contribution in [0.2, 0.25) is 0 Å². The van der Waals surface area contributed by atoms with Crippen LogP contribution in [0.1, 0.15) is 48.0 Å². The van der Waals surface area contributed by atoms with Crippen molar-refractivity contribution in [3.8, 4) is 0 Å². The SMILES string of the molecule is C[C@H](O)CC(C)(C)OOC(C)(C)C. The summed E-state index contributed by atoms with van der Waals surface area (Å²) in [6.07, 6.45) is 0.182. The third-order valence-electron chi connectivity index (χ3n) is 1.30. The van der Waals surface area contributed by atoms with Crippen LogP contribution in [0.15, 0.2) is 0 Å². The summed E-state index contributed by atoms with van der Waals surface area (Å²) in [4.78, 5) is 10.4. The molecule has 0 aliphatic carbocycles. The van der Waals surface area contributed by atoms with Crippen LogP contribution in [0, 0.1) is 0 Å². The van der Waals surface area contributed by atoms with Gasteiger partial charge in [-0.3, -0.25) is 0 Å². The second-order valence-corrected chi connectivity index (χ2v) is 5.09. The van der Waals surface area contributed by atoms with Gasteiger partial charge < -0.3 is 5.11 Å². The average molecular weight is 190 g/mol. The van der Waals surface area contributed by atoms with Crippen LogP contribution in [0.4, 0.5) is 0 Å². The predicted molar refractivity (Wildman–Crippen MR) is 52.3 cm³/mol. The molecule has 0 spiro atoms. The molecular weight excluding hydrogens is 168 g/mol. The Kier molecular flexibility index (Phi) is 4.36. The molecule has 0 unspecified atom stereocenters. The Morgan fingerprint density at radius 3 is 1.85 bits per heavy atom. The lowest BCUT2D eigenvalue weighted by Gasteiger charge is -2.29. The van der Waals surface area contributed by atoms with Crippen LogP contribution < -0.4 is 0 Å². The van der Waals surface area contributed by atoms with Crippen molar-refractivity contribution in [2.24, 2.45) is 0 Å². The number of hydrogen-bond acceptors (Lipinski definition) is 3. The van der Waals surface area contributed by atoms with Crippen LogP contribution in [0.5, 0.6) is 0 Å². The molecule has 0 fully saturated rings. The molecule has 13 heavy (non-hydrogen) atoms. The summed E-state index contributed by atoms with van der Waals surface area (Å²) < 4.78 is 0. The number of aliphatic hydroxyl groups excluding tert-OH is 1. The zero-order valence-corrected chi connectivity index (χ0v) is 9.55. The molecule has 1 atom stereocenters. The van der Waals surface area contributed by atoms with Gasteiger partial charge in [-0.05, 0) is 41.5 Å². The minimum atomic E-state index is -0.443. The number of hydrogen-bond donors (Lipinski definition) is 1. The molecule has 80 valence electrons. The smallest absolute Gasteiger partial charge is 0.100 e. The minimum Gasteiger partial charge on any atom is -0.393 e. The lowest BCUT2D eigenvalue weighted by atomic mass is 10.0. The summed E-state index contributed by atoms with van der Waals surface area (Å²) in [5.41, 5.74) is -0.753. The highest BCUT2D eigenvalue weighted by Gasteiger charge is 2.25. The van der Waals surface area contributed by atoms with E-state index in [0.29, 0.717) is 6.42 Å². The minimum absolute atomic E-state index is 0.310. The van der Waals surface area contributed by atoms with E-state index in [2.05, 4.69) is 0 Å². The molecule has 0 heterocycles. The van der Waals surface area contributed by atoms with Crippen LogP contribution in [-0.2, 0) is 9.78 Å². The summed E-state index contributed by atoms with van der Waals surface area (Å²) in [5, 5.41) is 9.18. The van der Waals surface area contributed by atoms with Crippen LogP contribution in [-0.4, -0.2) is 22.4 Å². The van der Waals surface area contributed by atoms with E-state index in [0.717, 1.165) is 0 Å². The maximum atomic E-state index is 9.18. The van der Waals surface area contributed by atoms with Gasteiger partial charge in [0.2, 0.25) is 0 Å². The van der Waals surface area contributed by atoms with Crippen molar-refractivity contribution in [3.05, 3.63) is 0 Å². The topological polar surface area (TPSA) is 38.7 Å².